The van der Waals surface area contributed by atoms with Gasteiger partial charge >= 0.3 is 0 Å². The molecule has 0 spiro atoms. The third-order valence-electron chi connectivity index (χ3n) is 2.89. The Hall–Kier alpha value is -1.90. The molecule has 0 bridgehead atoms. The van der Waals surface area contributed by atoms with E-state index in [-0.39, 0.29) is 26.3 Å². The number of aromatic amines is 1. The van der Waals surface area contributed by atoms with Gasteiger partial charge in [-0.2, -0.15) is 14.9 Å². The summed E-state index contributed by atoms with van der Waals surface area (Å²) in [5, 5.41) is 10.8. The van der Waals surface area contributed by atoms with Gasteiger partial charge in [0.15, 0.2) is 5.75 Å². The molecule has 1 aromatic carbocycles. The van der Waals surface area contributed by atoms with Crippen molar-refractivity contribution in [2.45, 2.75) is 6.92 Å². The van der Waals surface area contributed by atoms with Gasteiger partial charge in [-0.15, -0.1) is 0 Å². The molecule has 0 radical (unpaired) electrons. The summed E-state index contributed by atoms with van der Waals surface area (Å²) in [6.45, 7) is 1.54. The number of aryl methyl sites for hydroxylation is 1. The first-order chi connectivity index (χ1) is 10.9. The fourth-order valence-electron chi connectivity index (χ4n) is 1.79. The SMILES string of the molecule is COc1c(Cl)cc(/C=N\n2c(=S)[nH]nc(C)c2=O)c(OC)c1Cl. The number of benzene rings is 1. The summed E-state index contributed by atoms with van der Waals surface area (Å²) in [5.41, 5.74) is 0.252. The number of hydrogen-bond acceptors (Lipinski definition) is 6. The zero-order valence-corrected chi connectivity index (χ0v) is 14.7. The van der Waals surface area contributed by atoms with Gasteiger partial charge in [0.1, 0.15) is 16.5 Å². The second kappa shape index (κ2) is 7.12. The minimum Gasteiger partial charge on any atom is -0.494 e. The average Bonchev–Trinajstić information content (AvgIpc) is 2.51. The molecule has 0 fully saturated rings. The molecular weight excluding hydrogens is 363 g/mol. The molecule has 2 aromatic rings. The summed E-state index contributed by atoms with van der Waals surface area (Å²) in [6.07, 6.45) is 1.36. The minimum absolute atomic E-state index is 0.0570. The molecule has 23 heavy (non-hydrogen) atoms. The number of nitrogens with one attached hydrogen (secondary N) is 1. The van der Waals surface area contributed by atoms with Gasteiger partial charge in [-0.1, -0.05) is 23.2 Å². The lowest BCUT2D eigenvalue weighted by Gasteiger charge is -2.12. The van der Waals surface area contributed by atoms with Gasteiger partial charge in [-0.25, -0.2) is 0 Å². The topological polar surface area (TPSA) is 81.5 Å². The van der Waals surface area contributed by atoms with Gasteiger partial charge in [-0.3, -0.25) is 9.89 Å². The fraction of sp³-hybridized carbons (Fsp3) is 0.231. The minimum atomic E-state index is -0.435. The van der Waals surface area contributed by atoms with Crippen molar-refractivity contribution in [2.75, 3.05) is 14.2 Å². The molecule has 1 N–H and O–H groups in total. The van der Waals surface area contributed by atoms with Crippen molar-refractivity contribution in [3.05, 3.63) is 42.5 Å². The van der Waals surface area contributed by atoms with Crippen molar-refractivity contribution in [1.82, 2.24) is 14.9 Å². The van der Waals surface area contributed by atoms with Crippen LogP contribution in [0.5, 0.6) is 11.5 Å². The standard InChI is InChI=1S/C13H12Cl2N4O3S/c1-6-12(20)19(13(23)18-17-6)16-5-7-4-8(14)11(22-3)9(15)10(7)21-2/h4-5H,1-3H3,(H,18,23)/b16-5-. The van der Waals surface area contributed by atoms with Crippen LogP contribution in [0.15, 0.2) is 16.0 Å². The largest absolute Gasteiger partial charge is 0.494 e. The predicted molar refractivity (Wildman–Crippen MR) is 91.0 cm³/mol. The normalized spacial score (nSPS) is 11.0. The van der Waals surface area contributed by atoms with Crippen molar-refractivity contribution in [1.29, 1.82) is 0 Å². The predicted octanol–water partition coefficient (Wildman–Crippen LogP) is 2.82. The van der Waals surface area contributed by atoms with E-state index in [9.17, 15) is 4.79 Å². The van der Waals surface area contributed by atoms with Crippen molar-refractivity contribution in [3.8, 4) is 11.5 Å². The van der Waals surface area contributed by atoms with E-state index in [0.717, 1.165) is 4.68 Å². The summed E-state index contributed by atoms with van der Waals surface area (Å²) < 4.78 is 11.4. The number of rotatable bonds is 4. The van der Waals surface area contributed by atoms with Crippen LogP contribution in [0.2, 0.25) is 10.0 Å². The molecule has 2 rings (SSSR count). The summed E-state index contributed by atoms with van der Waals surface area (Å²) in [7, 11) is 2.89. The van der Waals surface area contributed by atoms with E-state index in [1.165, 1.54) is 20.4 Å². The smallest absolute Gasteiger partial charge is 0.296 e. The van der Waals surface area contributed by atoms with Crippen molar-refractivity contribution < 1.29 is 9.47 Å². The molecule has 0 aliphatic heterocycles. The lowest BCUT2D eigenvalue weighted by molar-refractivity contribution is 0.394. The number of methoxy groups -OCH3 is 2. The summed E-state index contributed by atoms with van der Waals surface area (Å²) >= 11 is 17.3. The first-order valence-corrected chi connectivity index (χ1v) is 7.39. The second-order valence-corrected chi connectivity index (χ2v) is 5.48. The number of H-pyrrole nitrogens is 1. The highest BCUT2D eigenvalue weighted by molar-refractivity contribution is 7.71. The van der Waals surface area contributed by atoms with Crippen LogP contribution in [0.3, 0.4) is 0 Å². The molecule has 0 saturated carbocycles. The quantitative estimate of drug-likeness (QED) is 0.657. The maximum absolute atomic E-state index is 12.0. The van der Waals surface area contributed by atoms with Crippen molar-refractivity contribution in [2.24, 2.45) is 5.10 Å². The lowest BCUT2D eigenvalue weighted by Crippen LogP contribution is -2.22. The first-order valence-electron chi connectivity index (χ1n) is 6.23. The lowest BCUT2D eigenvalue weighted by atomic mass is 10.2. The van der Waals surface area contributed by atoms with E-state index < -0.39 is 5.56 Å². The Balaban J connectivity index is 2.59. The highest BCUT2D eigenvalue weighted by atomic mass is 35.5. The van der Waals surface area contributed by atoms with Crippen LogP contribution in [0.25, 0.3) is 0 Å². The van der Waals surface area contributed by atoms with Gasteiger partial charge < -0.3 is 9.47 Å². The Morgan fingerprint density at radius 2 is 2.00 bits per heavy atom. The molecular formula is C13H12Cl2N4O3S. The molecule has 1 heterocycles. The highest BCUT2D eigenvalue weighted by Gasteiger charge is 2.16. The molecule has 0 atom stereocenters. The summed E-state index contributed by atoms with van der Waals surface area (Å²) in [4.78, 5) is 12.0. The Morgan fingerprint density at radius 1 is 1.35 bits per heavy atom. The Labute approximate surface area is 146 Å². The number of aromatic nitrogens is 3. The first kappa shape index (κ1) is 17.5. The monoisotopic (exact) mass is 374 g/mol. The van der Waals surface area contributed by atoms with Crippen LogP contribution >= 0.6 is 35.4 Å². The third kappa shape index (κ3) is 3.39. The highest BCUT2D eigenvalue weighted by Crippen LogP contribution is 2.41. The Bertz CT molecular complexity index is 892. The van der Waals surface area contributed by atoms with Crippen LogP contribution in [-0.2, 0) is 0 Å². The average molecular weight is 375 g/mol. The van der Waals surface area contributed by atoms with E-state index in [1.807, 2.05) is 0 Å². The van der Waals surface area contributed by atoms with Gasteiger partial charge in [0.2, 0.25) is 4.77 Å². The van der Waals surface area contributed by atoms with Crippen LogP contribution < -0.4 is 15.0 Å². The van der Waals surface area contributed by atoms with E-state index >= 15 is 0 Å². The van der Waals surface area contributed by atoms with Gasteiger partial charge in [0.25, 0.3) is 5.56 Å². The Morgan fingerprint density at radius 3 is 2.61 bits per heavy atom. The van der Waals surface area contributed by atoms with E-state index in [0.29, 0.717) is 11.3 Å². The van der Waals surface area contributed by atoms with Gasteiger partial charge in [-0.05, 0) is 25.2 Å². The van der Waals surface area contributed by atoms with Gasteiger partial charge in [0, 0.05) is 5.56 Å². The van der Waals surface area contributed by atoms with Crippen LogP contribution in [0.4, 0.5) is 0 Å². The molecule has 10 heteroatoms. The second-order valence-electron chi connectivity index (χ2n) is 4.30. The number of halogens is 2. The molecule has 1 aromatic heterocycles. The van der Waals surface area contributed by atoms with Crippen molar-refractivity contribution >= 4 is 41.6 Å². The molecule has 0 unspecified atom stereocenters. The number of ether oxygens (including phenoxy) is 2. The molecule has 0 saturated heterocycles. The van der Waals surface area contributed by atoms with E-state index in [1.54, 1.807) is 13.0 Å². The van der Waals surface area contributed by atoms with Crippen molar-refractivity contribution in [3.63, 3.8) is 0 Å². The Kier molecular flexibility index (Phi) is 5.40. The maximum Gasteiger partial charge on any atom is 0.296 e. The van der Waals surface area contributed by atoms with Crippen LogP contribution in [0, 0.1) is 11.7 Å². The fourth-order valence-corrected chi connectivity index (χ4v) is 2.67. The molecule has 0 aliphatic carbocycles. The van der Waals surface area contributed by atoms with Crippen LogP contribution in [0.1, 0.15) is 11.3 Å². The molecule has 7 nitrogen and oxygen atoms in total. The molecule has 0 amide bonds. The zero-order valence-electron chi connectivity index (χ0n) is 12.4. The summed E-state index contributed by atoms with van der Waals surface area (Å²) in [6, 6.07) is 1.56. The molecule has 122 valence electrons. The summed E-state index contributed by atoms with van der Waals surface area (Å²) in [5.74, 6) is 0.599. The van der Waals surface area contributed by atoms with Crippen LogP contribution in [-0.4, -0.2) is 35.3 Å². The maximum atomic E-state index is 12.0. The van der Waals surface area contributed by atoms with Gasteiger partial charge in [0.05, 0.1) is 25.5 Å². The number of hydrogen-bond donors (Lipinski definition) is 1. The molecule has 0 aliphatic rings. The zero-order chi connectivity index (χ0) is 17.1. The number of nitrogens with zero attached hydrogens (tertiary/aromatic N) is 3. The van der Waals surface area contributed by atoms with E-state index in [4.69, 9.17) is 44.9 Å². The van der Waals surface area contributed by atoms with E-state index in [2.05, 4.69) is 15.3 Å². The third-order valence-corrected chi connectivity index (χ3v) is 3.78.